The van der Waals surface area contributed by atoms with E-state index in [-0.39, 0.29) is 0 Å². The summed E-state index contributed by atoms with van der Waals surface area (Å²) in [5, 5.41) is 3.15. The zero-order valence-electron chi connectivity index (χ0n) is 11.3. The molecule has 1 aromatic rings. The van der Waals surface area contributed by atoms with Gasteiger partial charge in [0.1, 0.15) is 5.82 Å². The standard InChI is InChI=1S/C14H23N3/c1-6-9-17(11(2)3)14-8-7-13(10-15-5)12(4)16-14/h6-8,11,15H,1,9-10H2,2-5H3. The summed E-state index contributed by atoms with van der Waals surface area (Å²) < 4.78 is 0. The summed E-state index contributed by atoms with van der Waals surface area (Å²) in [5.41, 5.74) is 2.34. The fraction of sp³-hybridized carbons (Fsp3) is 0.500. The Kier molecular flexibility index (Phi) is 5.16. The van der Waals surface area contributed by atoms with Crippen molar-refractivity contribution in [3.05, 3.63) is 36.0 Å². The second-order valence-electron chi connectivity index (χ2n) is 4.48. The molecule has 3 nitrogen and oxygen atoms in total. The average molecular weight is 233 g/mol. The van der Waals surface area contributed by atoms with Gasteiger partial charge < -0.3 is 10.2 Å². The van der Waals surface area contributed by atoms with Crippen LogP contribution in [0.25, 0.3) is 0 Å². The van der Waals surface area contributed by atoms with Gasteiger partial charge in [-0.15, -0.1) is 6.58 Å². The van der Waals surface area contributed by atoms with E-state index in [4.69, 9.17) is 0 Å². The van der Waals surface area contributed by atoms with Crippen molar-refractivity contribution in [3.8, 4) is 0 Å². The third kappa shape index (κ3) is 3.56. The summed E-state index contributed by atoms with van der Waals surface area (Å²) >= 11 is 0. The predicted octanol–water partition coefficient (Wildman–Crippen LogP) is 2.51. The molecule has 0 radical (unpaired) electrons. The minimum Gasteiger partial charge on any atom is -0.350 e. The van der Waals surface area contributed by atoms with Crippen molar-refractivity contribution in [1.82, 2.24) is 10.3 Å². The van der Waals surface area contributed by atoms with Gasteiger partial charge in [-0.3, -0.25) is 0 Å². The van der Waals surface area contributed by atoms with Crippen LogP contribution in [0, 0.1) is 6.92 Å². The number of anilines is 1. The molecule has 0 amide bonds. The summed E-state index contributed by atoms with van der Waals surface area (Å²) in [7, 11) is 1.95. The smallest absolute Gasteiger partial charge is 0.129 e. The Morgan fingerprint density at radius 1 is 1.47 bits per heavy atom. The van der Waals surface area contributed by atoms with Crippen molar-refractivity contribution in [3.63, 3.8) is 0 Å². The number of nitrogens with one attached hydrogen (secondary N) is 1. The molecule has 3 heteroatoms. The number of hydrogen-bond acceptors (Lipinski definition) is 3. The predicted molar refractivity (Wildman–Crippen MR) is 74.4 cm³/mol. The number of aromatic nitrogens is 1. The van der Waals surface area contributed by atoms with E-state index in [0.29, 0.717) is 6.04 Å². The zero-order valence-corrected chi connectivity index (χ0v) is 11.3. The van der Waals surface area contributed by atoms with Crippen molar-refractivity contribution >= 4 is 5.82 Å². The molecule has 0 saturated carbocycles. The highest BCUT2D eigenvalue weighted by atomic mass is 15.2. The highest BCUT2D eigenvalue weighted by Gasteiger charge is 2.11. The summed E-state index contributed by atoms with van der Waals surface area (Å²) in [6.07, 6.45) is 1.92. The molecule has 0 bridgehead atoms. The number of rotatable bonds is 6. The van der Waals surface area contributed by atoms with Gasteiger partial charge in [0, 0.05) is 24.8 Å². The van der Waals surface area contributed by atoms with Crippen LogP contribution in [0.4, 0.5) is 5.82 Å². The normalized spacial score (nSPS) is 10.6. The maximum atomic E-state index is 4.67. The first-order chi connectivity index (χ1) is 8.10. The van der Waals surface area contributed by atoms with Gasteiger partial charge in [-0.05, 0) is 39.4 Å². The van der Waals surface area contributed by atoms with E-state index in [1.165, 1.54) is 5.56 Å². The second-order valence-corrected chi connectivity index (χ2v) is 4.48. The van der Waals surface area contributed by atoms with Crippen molar-refractivity contribution in [2.45, 2.75) is 33.4 Å². The Bertz CT molecular complexity index is 372. The highest BCUT2D eigenvalue weighted by Crippen LogP contribution is 2.17. The fourth-order valence-electron chi connectivity index (χ4n) is 1.82. The summed E-state index contributed by atoms with van der Waals surface area (Å²) in [6, 6.07) is 4.66. The number of aryl methyl sites for hydroxylation is 1. The summed E-state index contributed by atoms with van der Waals surface area (Å²) in [5.74, 6) is 1.03. The molecule has 0 aliphatic heterocycles. The molecule has 17 heavy (non-hydrogen) atoms. The van der Waals surface area contributed by atoms with Crippen LogP contribution >= 0.6 is 0 Å². The van der Waals surface area contributed by atoms with Crippen LogP contribution in [0.15, 0.2) is 24.8 Å². The fourth-order valence-corrected chi connectivity index (χ4v) is 1.82. The molecular weight excluding hydrogens is 210 g/mol. The number of nitrogens with zero attached hydrogens (tertiary/aromatic N) is 2. The van der Waals surface area contributed by atoms with Crippen LogP contribution in [-0.2, 0) is 6.54 Å². The van der Waals surface area contributed by atoms with E-state index >= 15 is 0 Å². The van der Waals surface area contributed by atoms with Crippen molar-refractivity contribution in [1.29, 1.82) is 0 Å². The molecule has 0 atom stereocenters. The maximum absolute atomic E-state index is 4.67. The van der Waals surface area contributed by atoms with Gasteiger partial charge in [0.2, 0.25) is 0 Å². The Morgan fingerprint density at radius 2 is 2.18 bits per heavy atom. The van der Waals surface area contributed by atoms with Crippen molar-refractivity contribution in [2.24, 2.45) is 0 Å². The Balaban J connectivity index is 2.97. The van der Waals surface area contributed by atoms with Crippen molar-refractivity contribution < 1.29 is 0 Å². The topological polar surface area (TPSA) is 28.2 Å². The van der Waals surface area contributed by atoms with Crippen molar-refractivity contribution in [2.75, 3.05) is 18.5 Å². The Labute approximate surface area is 105 Å². The van der Waals surface area contributed by atoms with Gasteiger partial charge in [0.15, 0.2) is 0 Å². The van der Waals surface area contributed by atoms with Gasteiger partial charge in [0.25, 0.3) is 0 Å². The van der Waals surface area contributed by atoms with Crippen LogP contribution in [-0.4, -0.2) is 24.6 Å². The molecule has 0 unspecified atom stereocenters. The van der Waals surface area contributed by atoms with Crippen LogP contribution in [0.5, 0.6) is 0 Å². The third-order valence-electron chi connectivity index (χ3n) is 2.79. The molecule has 0 aromatic carbocycles. The lowest BCUT2D eigenvalue weighted by atomic mass is 10.2. The zero-order chi connectivity index (χ0) is 12.8. The van der Waals surface area contributed by atoms with Crippen LogP contribution in [0.1, 0.15) is 25.1 Å². The largest absolute Gasteiger partial charge is 0.350 e. The Morgan fingerprint density at radius 3 is 2.65 bits per heavy atom. The molecular formula is C14H23N3. The lowest BCUT2D eigenvalue weighted by Crippen LogP contribution is -2.31. The van der Waals surface area contributed by atoms with E-state index < -0.39 is 0 Å². The molecule has 0 saturated heterocycles. The van der Waals surface area contributed by atoms with Crippen LogP contribution in [0.3, 0.4) is 0 Å². The molecule has 1 aromatic heterocycles. The van der Waals surface area contributed by atoms with Gasteiger partial charge in [0.05, 0.1) is 0 Å². The first-order valence-electron chi connectivity index (χ1n) is 6.08. The molecule has 0 aliphatic carbocycles. The van der Waals surface area contributed by atoms with Crippen LogP contribution in [0.2, 0.25) is 0 Å². The maximum Gasteiger partial charge on any atom is 0.129 e. The first kappa shape index (κ1) is 13.7. The van der Waals surface area contributed by atoms with E-state index in [0.717, 1.165) is 24.6 Å². The molecule has 0 fully saturated rings. The second kappa shape index (κ2) is 6.40. The van der Waals surface area contributed by atoms with Gasteiger partial charge in [-0.2, -0.15) is 0 Å². The summed E-state index contributed by atoms with van der Waals surface area (Å²) in [4.78, 5) is 6.91. The van der Waals surface area contributed by atoms with Gasteiger partial charge in [-0.1, -0.05) is 12.1 Å². The highest BCUT2D eigenvalue weighted by molar-refractivity contribution is 5.43. The lowest BCUT2D eigenvalue weighted by molar-refractivity contribution is 0.708. The van der Waals surface area contributed by atoms with Gasteiger partial charge in [-0.25, -0.2) is 4.98 Å². The monoisotopic (exact) mass is 233 g/mol. The van der Waals surface area contributed by atoms with E-state index in [1.807, 2.05) is 13.1 Å². The SMILES string of the molecule is C=CCN(c1ccc(CNC)c(C)n1)C(C)C. The third-order valence-corrected chi connectivity index (χ3v) is 2.79. The molecule has 1 rings (SSSR count). The van der Waals surface area contributed by atoms with Crippen LogP contribution < -0.4 is 10.2 Å². The van der Waals surface area contributed by atoms with Gasteiger partial charge >= 0.3 is 0 Å². The molecule has 94 valence electrons. The minimum absolute atomic E-state index is 0.426. The number of pyridine rings is 1. The molecule has 1 N–H and O–H groups in total. The minimum atomic E-state index is 0.426. The molecule has 1 heterocycles. The summed E-state index contributed by atoms with van der Waals surface area (Å²) in [6.45, 7) is 11.9. The first-order valence-corrected chi connectivity index (χ1v) is 6.08. The van der Waals surface area contributed by atoms with E-state index in [9.17, 15) is 0 Å². The quantitative estimate of drug-likeness (QED) is 0.765. The average Bonchev–Trinajstić information content (AvgIpc) is 2.28. The Hall–Kier alpha value is -1.35. The van der Waals surface area contributed by atoms with E-state index in [2.05, 4.69) is 54.7 Å². The molecule has 0 spiro atoms. The molecule has 0 aliphatic rings. The number of hydrogen-bond donors (Lipinski definition) is 1. The lowest BCUT2D eigenvalue weighted by Gasteiger charge is -2.27. The van der Waals surface area contributed by atoms with E-state index in [1.54, 1.807) is 0 Å².